The number of allylic oxidation sites excluding steroid dienone is 2. The second-order valence-corrected chi connectivity index (χ2v) is 9.29. The summed E-state index contributed by atoms with van der Waals surface area (Å²) in [7, 11) is 2.29. The van der Waals surface area contributed by atoms with Crippen molar-refractivity contribution in [3.8, 4) is 12.1 Å². The van der Waals surface area contributed by atoms with Crippen molar-refractivity contribution in [3.05, 3.63) is 16.8 Å². The number of nitrogens with two attached hydrogens (primary N) is 1. The minimum absolute atomic E-state index is 0. The number of nitrogen functional groups attached to an aromatic ring is 1. The Kier molecular flexibility index (Phi) is 8.50. The topological polar surface area (TPSA) is 91.3 Å². The molecule has 2 bridgehead atoms. The maximum absolute atomic E-state index is 9.65. The first-order chi connectivity index (χ1) is 15.1. The van der Waals surface area contributed by atoms with E-state index in [-0.39, 0.29) is 7.43 Å². The molecule has 0 aromatic carbocycles. The van der Waals surface area contributed by atoms with Gasteiger partial charge in [-0.05, 0) is 57.7 Å². The fourth-order valence-corrected chi connectivity index (χ4v) is 5.28. The zero-order valence-electron chi connectivity index (χ0n) is 19.1. The number of piperazine rings is 1. The average molecular weight is 441 g/mol. The quantitative estimate of drug-likeness (QED) is 0.549. The fourth-order valence-electron chi connectivity index (χ4n) is 5.28. The minimum Gasteiger partial charge on any atom is -0.463 e. The molecule has 0 saturated carbocycles. The SMILES string of the molecule is C.CCCCOc1nc(N)c2c(n1)C(CCCCCN1CC3CCC(C1)N3C)=C(C#N)C2. The normalized spacial score (nSPS) is 22.5. The molecule has 2 unspecified atom stereocenters. The van der Waals surface area contributed by atoms with Crippen molar-refractivity contribution in [1.82, 2.24) is 19.8 Å². The lowest BCUT2D eigenvalue weighted by atomic mass is 10.0. The molecule has 7 nitrogen and oxygen atoms in total. The Morgan fingerprint density at radius 1 is 1.12 bits per heavy atom. The first-order valence-electron chi connectivity index (χ1n) is 12.0. The highest BCUT2D eigenvalue weighted by atomic mass is 16.5. The van der Waals surface area contributed by atoms with Gasteiger partial charge in [-0.25, -0.2) is 0 Å². The maximum atomic E-state index is 9.65. The van der Waals surface area contributed by atoms with Crippen LogP contribution < -0.4 is 10.5 Å². The van der Waals surface area contributed by atoms with Crippen molar-refractivity contribution in [2.75, 3.05) is 39.0 Å². The first kappa shape index (κ1) is 24.5. The summed E-state index contributed by atoms with van der Waals surface area (Å²) < 4.78 is 5.69. The monoisotopic (exact) mass is 440 g/mol. The molecule has 2 atom stereocenters. The van der Waals surface area contributed by atoms with Gasteiger partial charge in [0.2, 0.25) is 0 Å². The molecule has 3 heterocycles. The van der Waals surface area contributed by atoms with Gasteiger partial charge in [-0.1, -0.05) is 27.2 Å². The Morgan fingerprint density at radius 2 is 1.88 bits per heavy atom. The number of nitriles is 1. The smallest absolute Gasteiger partial charge is 0.318 e. The molecule has 176 valence electrons. The van der Waals surface area contributed by atoms with E-state index in [1.165, 1.54) is 45.3 Å². The third-order valence-corrected chi connectivity index (χ3v) is 7.21. The van der Waals surface area contributed by atoms with E-state index in [1.54, 1.807) is 0 Å². The molecule has 1 aromatic rings. The molecule has 2 N–H and O–H groups in total. The van der Waals surface area contributed by atoms with Crippen LogP contribution in [-0.4, -0.2) is 65.1 Å². The van der Waals surface area contributed by atoms with Crippen molar-refractivity contribution in [2.45, 2.75) is 84.2 Å². The summed E-state index contributed by atoms with van der Waals surface area (Å²) in [4.78, 5) is 14.2. The molecular weight excluding hydrogens is 400 g/mol. The van der Waals surface area contributed by atoms with E-state index in [0.29, 0.717) is 24.9 Å². The Hall–Kier alpha value is -2.17. The Balaban J connectivity index is 0.00000289. The Labute approximate surface area is 193 Å². The van der Waals surface area contributed by atoms with Gasteiger partial charge in [-0.3, -0.25) is 4.90 Å². The van der Waals surface area contributed by atoms with Gasteiger partial charge in [0.25, 0.3) is 0 Å². The molecule has 4 rings (SSSR count). The molecule has 0 radical (unpaired) electrons. The molecule has 2 fully saturated rings. The van der Waals surface area contributed by atoms with Crippen molar-refractivity contribution < 1.29 is 4.74 Å². The number of nitrogens with zero attached hydrogens (tertiary/aromatic N) is 5. The Morgan fingerprint density at radius 3 is 2.56 bits per heavy atom. The summed E-state index contributed by atoms with van der Waals surface area (Å²) in [5, 5.41) is 9.65. The zero-order chi connectivity index (χ0) is 21.8. The van der Waals surface area contributed by atoms with Gasteiger partial charge in [0.1, 0.15) is 5.82 Å². The number of hydrogen-bond acceptors (Lipinski definition) is 7. The second-order valence-electron chi connectivity index (χ2n) is 9.29. The number of likely N-dealkylation sites (N-methyl/N-ethyl adjacent to an activating group) is 1. The number of likely N-dealkylation sites (tertiary alicyclic amines) is 1. The average Bonchev–Trinajstić information content (AvgIpc) is 3.19. The van der Waals surface area contributed by atoms with E-state index in [4.69, 9.17) is 10.5 Å². The predicted octanol–water partition coefficient (Wildman–Crippen LogP) is 4.05. The predicted molar refractivity (Wildman–Crippen MR) is 129 cm³/mol. The molecule has 3 aliphatic rings. The third kappa shape index (κ3) is 5.24. The minimum atomic E-state index is 0. The van der Waals surface area contributed by atoms with Gasteiger partial charge in [0, 0.05) is 42.7 Å². The summed E-state index contributed by atoms with van der Waals surface area (Å²) in [5.41, 5.74) is 9.74. The number of fused-ring (bicyclic) bond motifs is 3. The van der Waals surface area contributed by atoms with Gasteiger partial charge in [-0.2, -0.15) is 15.2 Å². The summed E-state index contributed by atoms with van der Waals surface area (Å²) in [6, 6.07) is 4.24. The second kappa shape index (κ2) is 11.1. The van der Waals surface area contributed by atoms with Gasteiger partial charge >= 0.3 is 6.01 Å². The van der Waals surface area contributed by atoms with Crippen LogP contribution in [0, 0.1) is 11.3 Å². The summed E-state index contributed by atoms with van der Waals surface area (Å²) >= 11 is 0. The molecule has 0 spiro atoms. The van der Waals surface area contributed by atoms with Gasteiger partial charge in [0.05, 0.1) is 18.4 Å². The third-order valence-electron chi connectivity index (χ3n) is 7.21. The summed E-state index contributed by atoms with van der Waals surface area (Å²) in [6.07, 6.45) is 9.59. The summed E-state index contributed by atoms with van der Waals surface area (Å²) in [5.74, 6) is 0.448. The fraction of sp³-hybridized carbons (Fsp3) is 0.720. The van der Waals surface area contributed by atoms with Crippen LogP contribution in [0.4, 0.5) is 5.82 Å². The lowest BCUT2D eigenvalue weighted by Crippen LogP contribution is -2.51. The van der Waals surface area contributed by atoms with Crippen LogP contribution in [0.2, 0.25) is 0 Å². The van der Waals surface area contributed by atoms with Crippen molar-refractivity contribution >= 4 is 11.4 Å². The van der Waals surface area contributed by atoms with Crippen molar-refractivity contribution in [1.29, 1.82) is 5.26 Å². The van der Waals surface area contributed by atoms with Gasteiger partial charge in [-0.15, -0.1) is 0 Å². The largest absolute Gasteiger partial charge is 0.463 e. The molecule has 1 aliphatic carbocycles. The highest BCUT2D eigenvalue weighted by molar-refractivity contribution is 5.79. The molecule has 32 heavy (non-hydrogen) atoms. The van der Waals surface area contributed by atoms with Crippen LogP contribution in [0.1, 0.15) is 77.0 Å². The number of aromatic nitrogens is 2. The zero-order valence-corrected chi connectivity index (χ0v) is 19.1. The van der Waals surface area contributed by atoms with Crippen molar-refractivity contribution in [3.63, 3.8) is 0 Å². The lowest BCUT2D eigenvalue weighted by Gasteiger charge is -2.38. The van der Waals surface area contributed by atoms with Crippen LogP contribution >= 0.6 is 0 Å². The first-order valence-corrected chi connectivity index (χ1v) is 12.0. The van der Waals surface area contributed by atoms with Crippen molar-refractivity contribution in [2.24, 2.45) is 0 Å². The standard InChI is InChI=1S/C24H36N6O.CH4/c1-3-4-12-31-24-27-22-20(17(14-25)13-21(22)23(26)28-24)8-6-5-7-11-30-15-18-9-10-19(16-30)29(18)2;/h18-19H,3-13,15-16H2,1-2H3,(H2,26,27,28);1H4. The lowest BCUT2D eigenvalue weighted by molar-refractivity contribution is 0.0875. The maximum Gasteiger partial charge on any atom is 0.318 e. The Bertz CT molecular complexity index is 847. The van der Waals surface area contributed by atoms with E-state index >= 15 is 0 Å². The number of ether oxygens (including phenoxy) is 1. The molecule has 2 aliphatic heterocycles. The highest BCUT2D eigenvalue weighted by Crippen LogP contribution is 2.38. The van der Waals surface area contributed by atoms with E-state index in [1.807, 2.05) is 0 Å². The van der Waals surface area contributed by atoms with E-state index in [9.17, 15) is 5.26 Å². The van der Waals surface area contributed by atoms with Crippen LogP contribution in [0.25, 0.3) is 5.57 Å². The highest BCUT2D eigenvalue weighted by Gasteiger charge is 2.36. The number of unbranched alkanes of at least 4 members (excludes halogenated alkanes) is 3. The number of anilines is 1. The van der Waals surface area contributed by atoms with E-state index < -0.39 is 0 Å². The number of rotatable bonds is 10. The number of hydrogen-bond donors (Lipinski definition) is 1. The molecule has 7 heteroatoms. The van der Waals surface area contributed by atoms with Crippen LogP contribution in [0.15, 0.2) is 5.57 Å². The molecular formula is C25H40N6O. The van der Waals surface area contributed by atoms with Crippen LogP contribution in [-0.2, 0) is 6.42 Å². The van der Waals surface area contributed by atoms with Crippen LogP contribution in [0.3, 0.4) is 0 Å². The van der Waals surface area contributed by atoms with Crippen LogP contribution in [0.5, 0.6) is 6.01 Å². The summed E-state index contributed by atoms with van der Waals surface area (Å²) in [6.45, 7) is 6.34. The van der Waals surface area contributed by atoms with Gasteiger partial charge in [0.15, 0.2) is 0 Å². The van der Waals surface area contributed by atoms with Gasteiger partial charge < -0.3 is 15.4 Å². The molecule has 0 amide bonds. The van der Waals surface area contributed by atoms with E-state index in [2.05, 4.69) is 39.8 Å². The van der Waals surface area contributed by atoms with E-state index in [0.717, 1.165) is 60.2 Å². The molecule has 1 aromatic heterocycles. The molecule has 2 saturated heterocycles.